The van der Waals surface area contributed by atoms with Crippen molar-refractivity contribution in [3.63, 3.8) is 0 Å². The summed E-state index contributed by atoms with van der Waals surface area (Å²) in [6, 6.07) is 7.91. The maximum atomic E-state index is 5.05. The fourth-order valence-electron chi connectivity index (χ4n) is 1.16. The zero-order chi connectivity index (χ0) is 9.26. The first kappa shape index (κ1) is 8.51. The molecule has 0 atom stereocenters. The first-order chi connectivity index (χ1) is 6.27. The van der Waals surface area contributed by atoms with Crippen molar-refractivity contribution in [2.24, 2.45) is 0 Å². The topological polar surface area (TPSA) is 26.0 Å². The smallest absolute Gasteiger partial charge is 0.166 e. The van der Waals surface area contributed by atoms with E-state index in [0.717, 1.165) is 15.8 Å². The van der Waals surface area contributed by atoms with Crippen molar-refractivity contribution < 1.29 is 4.52 Å². The van der Waals surface area contributed by atoms with E-state index in [2.05, 4.69) is 27.2 Å². The van der Waals surface area contributed by atoms with Gasteiger partial charge in [-0.3, -0.25) is 0 Å². The van der Waals surface area contributed by atoms with Crippen LogP contribution >= 0.6 is 15.9 Å². The van der Waals surface area contributed by atoms with Crippen molar-refractivity contribution in [1.82, 2.24) is 5.16 Å². The monoisotopic (exact) mass is 237 g/mol. The molecule has 1 heterocycles. The molecule has 3 heteroatoms. The summed E-state index contributed by atoms with van der Waals surface area (Å²) in [7, 11) is 0. The number of benzene rings is 1. The summed E-state index contributed by atoms with van der Waals surface area (Å²) < 4.78 is 6.16. The van der Waals surface area contributed by atoms with Gasteiger partial charge in [-0.25, -0.2) is 0 Å². The molecule has 0 saturated heterocycles. The number of hydrogen-bond donors (Lipinski definition) is 0. The van der Waals surface area contributed by atoms with Crippen LogP contribution in [0.5, 0.6) is 0 Å². The molecule has 66 valence electrons. The Morgan fingerprint density at radius 2 is 2.15 bits per heavy atom. The Labute approximate surface area is 84.7 Å². The second kappa shape index (κ2) is 3.34. The van der Waals surface area contributed by atoms with E-state index >= 15 is 0 Å². The third kappa shape index (κ3) is 1.65. The van der Waals surface area contributed by atoms with E-state index in [1.807, 2.05) is 25.1 Å². The molecule has 0 aliphatic heterocycles. The van der Waals surface area contributed by atoms with Crippen molar-refractivity contribution in [2.75, 3.05) is 0 Å². The van der Waals surface area contributed by atoms with Gasteiger partial charge in [0.1, 0.15) is 0 Å². The predicted molar refractivity (Wildman–Crippen MR) is 54.4 cm³/mol. The van der Waals surface area contributed by atoms with Crippen LogP contribution in [-0.2, 0) is 0 Å². The summed E-state index contributed by atoms with van der Waals surface area (Å²) in [5.41, 5.74) is 2.24. The molecule has 0 amide bonds. The summed E-state index contributed by atoms with van der Waals surface area (Å²) >= 11 is 3.45. The minimum atomic E-state index is 0.801. The molecule has 0 radical (unpaired) electrons. The SMILES string of the molecule is Cc1cc(-c2ccno2)ccc1Br. The molecule has 2 aromatic rings. The average molecular weight is 238 g/mol. The van der Waals surface area contributed by atoms with Gasteiger partial charge < -0.3 is 4.52 Å². The average Bonchev–Trinajstić information content (AvgIpc) is 2.62. The molecular weight excluding hydrogens is 230 g/mol. The number of aromatic nitrogens is 1. The van der Waals surface area contributed by atoms with Crippen molar-refractivity contribution >= 4 is 15.9 Å². The maximum absolute atomic E-state index is 5.05. The molecule has 0 spiro atoms. The number of aryl methyl sites for hydroxylation is 1. The molecule has 1 aromatic heterocycles. The lowest BCUT2D eigenvalue weighted by molar-refractivity contribution is 0.432. The molecule has 0 fully saturated rings. The van der Waals surface area contributed by atoms with E-state index in [0.29, 0.717) is 0 Å². The minimum Gasteiger partial charge on any atom is -0.356 e. The van der Waals surface area contributed by atoms with Crippen LogP contribution in [0.1, 0.15) is 5.56 Å². The Bertz CT molecular complexity index is 409. The van der Waals surface area contributed by atoms with Crippen LogP contribution < -0.4 is 0 Å². The van der Waals surface area contributed by atoms with Gasteiger partial charge in [0.15, 0.2) is 5.76 Å². The Morgan fingerprint density at radius 3 is 2.77 bits per heavy atom. The highest BCUT2D eigenvalue weighted by Gasteiger charge is 2.02. The summed E-state index contributed by atoms with van der Waals surface area (Å²) in [6.45, 7) is 2.05. The zero-order valence-electron chi connectivity index (χ0n) is 7.12. The highest BCUT2D eigenvalue weighted by molar-refractivity contribution is 9.10. The summed E-state index contributed by atoms with van der Waals surface area (Å²) in [6.07, 6.45) is 1.65. The van der Waals surface area contributed by atoms with E-state index in [9.17, 15) is 0 Å². The van der Waals surface area contributed by atoms with Crippen molar-refractivity contribution in [3.05, 3.63) is 40.5 Å². The molecule has 0 bridgehead atoms. The van der Waals surface area contributed by atoms with Crippen LogP contribution in [0, 0.1) is 6.92 Å². The molecule has 0 aliphatic carbocycles. The van der Waals surface area contributed by atoms with Gasteiger partial charge in [0, 0.05) is 16.1 Å². The number of hydrogen-bond acceptors (Lipinski definition) is 2. The maximum Gasteiger partial charge on any atom is 0.166 e. The molecule has 0 saturated carbocycles. The molecule has 1 aromatic carbocycles. The lowest BCUT2D eigenvalue weighted by Gasteiger charge is -1.99. The van der Waals surface area contributed by atoms with Crippen LogP contribution in [-0.4, -0.2) is 5.16 Å². The first-order valence-electron chi connectivity index (χ1n) is 3.94. The highest BCUT2D eigenvalue weighted by atomic mass is 79.9. The van der Waals surface area contributed by atoms with E-state index in [1.165, 1.54) is 5.56 Å². The van der Waals surface area contributed by atoms with Crippen molar-refractivity contribution in [2.45, 2.75) is 6.92 Å². The van der Waals surface area contributed by atoms with Gasteiger partial charge in [-0.2, -0.15) is 0 Å². The lowest BCUT2D eigenvalue weighted by Crippen LogP contribution is -1.78. The van der Waals surface area contributed by atoms with Gasteiger partial charge in [0.05, 0.1) is 6.20 Å². The number of halogens is 1. The lowest BCUT2D eigenvalue weighted by atomic mass is 10.1. The molecule has 13 heavy (non-hydrogen) atoms. The van der Waals surface area contributed by atoms with Crippen LogP contribution in [0.3, 0.4) is 0 Å². The summed E-state index contributed by atoms with van der Waals surface area (Å²) in [5, 5.41) is 3.66. The standard InChI is InChI=1S/C10H8BrNO/c1-7-6-8(2-3-9(7)11)10-4-5-12-13-10/h2-6H,1H3. The Kier molecular flexibility index (Phi) is 2.19. The van der Waals surface area contributed by atoms with Crippen molar-refractivity contribution in [3.8, 4) is 11.3 Å². The molecular formula is C10H8BrNO. The van der Waals surface area contributed by atoms with Crippen molar-refractivity contribution in [1.29, 1.82) is 0 Å². The minimum absolute atomic E-state index is 0.801. The fraction of sp³-hybridized carbons (Fsp3) is 0.100. The largest absolute Gasteiger partial charge is 0.356 e. The third-order valence-electron chi connectivity index (χ3n) is 1.88. The van der Waals surface area contributed by atoms with Gasteiger partial charge in [-0.05, 0) is 30.7 Å². The molecule has 0 aliphatic rings. The van der Waals surface area contributed by atoms with Gasteiger partial charge >= 0.3 is 0 Å². The van der Waals surface area contributed by atoms with Crippen LogP contribution in [0.2, 0.25) is 0 Å². The molecule has 2 nitrogen and oxygen atoms in total. The van der Waals surface area contributed by atoms with E-state index in [4.69, 9.17) is 4.52 Å². The van der Waals surface area contributed by atoms with Gasteiger partial charge in [-0.15, -0.1) is 0 Å². The normalized spacial score (nSPS) is 10.3. The second-order valence-electron chi connectivity index (χ2n) is 2.84. The summed E-state index contributed by atoms with van der Waals surface area (Å²) in [4.78, 5) is 0. The second-order valence-corrected chi connectivity index (χ2v) is 3.69. The highest BCUT2D eigenvalue weighted by Crippen LogP contribution is 2.24. The first-order valence-corrected chi connectivity index (χ1v) is 4.74. The Balaban J connectivity index is 2.49. The predicted octanol–water partition coefficient (Wildman–Crippen LogP) is 3.41. The van der Waals surface area contributed by atoms with Crippen LogP contribution in [0.15, 0.2) is 39.5 Å². The number of nitrogens with zero attached hydrogens (tertiary/aromatic N) is 1. The quantitative estimate of drug-likeness (QED) is 0.760. The van der Waals surface area contributed by atoms with Gasteiger partial charge in [0.25, 0.3) is 0 Å². The molecule has 0 N–H and O–H groups in total. The zero-order valence-corrected chi connectivity index (χ0v) is 8.71. The Hall–Kier alpha value is -1.09. The summed E-state index contributed by atoms with van der Waals surface area (Å²) in [5.74, 6) is 0.801. The fourth-order valence-corrected chi connectivity index (χ4v) is 1.41. The van der Waals surface area contributed by atoms with E-state index < -0.39 is 0 Å². The molecule has 0 unspecified atom stereocenters. The van der Waals surface area contributed by atoms with Gasteiger partial charge in [0.2, 0.25) is 0 Å². The Morgan fingerprint density at radius 1 is 1.31 bits per heavy atom. The number of rotatable bonds is 1. The van der Waals surface area contributed by atoms with E-state index in [1.54, 1.807) is 6.20 Å². The third-order valence-corrected chi connectivity index (χ3v) is 2.77. The van der Waals surface area contributed by atoms with Crippen LogP contribution in [0.4, 0.5) is 0 Å². The molecule has 2 rings (SSSR count). The van der Waals surface area contributed by atoms with Gasteiger partial charge in [-0.1, -0.05) is 21.1 Å². The van der Waals surface area contributed by atoms with E-state index in [-0.39, 0.29) is 0 Å². The van der Waals surface area contributed by atoms with Crippen LogP contribution in [0.25, 0.3) is 11.3 Å².